The molecular weight excluding hydrogens is 249 g/mol. The van der Waals surface area contributed by atoms with Gasteiger partial charge in [-0.3, -0.25) is 4.40 Å². The second-order valence-electron chi connectivity index (χ2n) is 3.77. The zero-order valence-electron chi connectivity index (χ0n) is 9.75. The highest BCUT2D eigenvalue weighted by Crippen LogP contribution is 2.26. The van der Waals surface area contributed by atoms with Crippen LogP contribution >= 0.6 is 0 Å². The van der Waals surface area contributed by atoms with Crippen molar-refractivity contribution in [3.8, 4) is 11.6 Å². The van der Waals surface area contributed by atoms with Gasteiger partial charge in [0.2, 0.25) is 5.65 Å². The third kappa shape index (κ3) is 2.06. The normalized spacial score (nSPS) is 10.6. The smallest absolute Gasteiger partial charge is 0.266 e. The monoisotopic (exact) mass is 259 g/mol. The molecule has 0 atom stereocenters. The highest BCUT2D eigenvalue weighted by atomic mass is 19.1. The van der Waals surface area contributed by atoms with E-state index in [9.17, 15) is 4.39 Å². The first-order chi connectivity index (χ1) is 9.28. The van der Waals surface area contributed by atoms with Crippen molar-refractivity contribution in [1.82, 2.24) is 14.4 Å². The Balaban J connectivity index is 2.09. The standard InChI is InChI=1S/C12H10FN5O/c13-8-3-1-2-4-9(8)19-12-11-15-5-6-18(11)7-10(16-12)17-14/h1-7,17H,14H2. The van der Waals surface area contributed by atoms with Crippen LogP contribution in [0.4, 0.5) is 10.2 Å². The summed E-state index contributed by atoms with van der Waals surface area (Å²) in [7, 11) is 0. The van der Waals surface area contributed by atoms with Gasteiger partial charge < -0.3 is 10.2 Å². The van der Waals surface area contributed by atoms with Crippen LogP contribution in [0.15, 0.2) is 42.9 Å². The summed E-state index contributed by atoms with van der Waals surface area (Å²) in [5, 5.41) is 0. The minimum atomic E-state index is -0.472. The molecule has 3 aromatic rings. The molecule has 0 fully saturated rings. The van der Waals surface area contributed by atoms with Crippen molar-refractivity contribution in [3.63, 3.8) is 0 Å². The van der Waals surface area contributed by atoms with Crippen LogP contribution < -0.4 is 16.0 Å². The number of benzene rings is 1. The number of anilines is 1. The number of nitrogens with two attached hydrogens (primary N) is 1. The van der Waals surface area contributed by atoms with Crippen molar-refractivity contribution in [2.24, 2.45) is 5.84 Å². The van der Waals surface area contributed by atoms with E-state index >= 15 is 0 Å². The van der Waals surface area contributed by atoms with Gasteiger partial charge >= 0.3 is 0 Å². The summed E-state index contributed by atoms with van der Waals surface area (Å²) in [6.45, 7) is 0. The molecule has 2 heterocycles. The zero-order chi connectivity index (χ0) is 13.2. The Labute approximate surface area is 107 Å². The number of hydrazine groups is 1. The minimum absolute atomic E-state index is 0.0778. The van der Waals surface area contributed by atoms with Gasteiger partial charge in [-0.05, 0) is 12.1 Å². The minimum Gasteiger partial charge on any atom is -0.433 e. The first-order valence-electron chi connectivity index (χ1n) is 5.50. The highest BCUT2D eigenvalue weighted by molar-refractivity contribution is 5.54. The summed E-state index contributed by atoms with van der Waals surface area (Å²) >= 11 is 0. The molecular formula is C12H10FN5O. The Hall–Kier alpha value is -2.67. The van der Waals surface area contributed by atoms with Gasteiger partial charge in [-0.1, -0.05) is 12.1 Å². The van der Waals surface area contributed by atoms with Crippen LogP contribution in [0.2, 0.25) is 0 Å². The average Bonchev–Trinajstić information content (AvgIpc) is 2.89. The highest BCUT2D eigenvalue weighted by Gasteiger charge is 2.11. The summed E-state index contributed by atoms with van der Waals surface area (Å²) in [5.41, 5.74) is 2.89. The summed E-state index contributed by atoms with van der Waals surface area (Å²) in [6, 6.07) is 6.08. The number of hydrogen-bond donors (Lipinski definition) is 2. The lowest BCUT2D eigenvalue weighted by atomic mass is 10.3. The summed E-state index contributed by atoms with van der Waals surface area (Å²) in [5.74, 6) is 5.49. The van der Waals surface area contributed by atoms with E-state index in [1.165, 1.54) is 12.1 Å². The SMILES string of the molecule is NNc1cn2ccnc2c(Oc2ccccc2F)n1. The molecule has 7 heteroatoms. The summed E-state index contributed by atoms with van der Waals surface area (Å²) in [4.78, 5) is 8.22. The number of para-hydroxylation sites is 1. The van der Waals surface area contributed by atoms with E-state index in [0.717, 1.165) is 0 Å². The Kier molecular flexibility index (Phi) is 2.73. The molecule has 0 aliphatic carbocycles. The van der Waals surface area contributed by atoms with Gasteiger partial charge in [0.05, 0.1) is 6.20 Å². The van der Waals surface area contributed by atoms with E-state index in [-0.39, 0.29) is 11.6 Å². The molecule has 3 rings (SSSR count). The number of rotatable bonds is 3. The second kappa shape index (κ2) is 4.54. The van der Waals surface area contributed by atoms with Gasteiger partial charge in [0.15, 0.2) is 17.4 Å². The van der Waals surface area contributed by atoms with Crippen LogP contribution in [0.5, 0.6) is 11.6 Å². The second-order valence-corrected chi connectivity index (χ2v) is 3.77. The number of fused-ring (bicyclic) bond motifs is 1. The van der Waals surface area contributed by atoms with Crippen LogP contribution in [0.25, 0.3) is 5.65 Å². The molecule has 0 amide bonds. The Morgan fingerprint density at radius 2 is 2.16 bits per heavy atom. The first kappa shape index (κ1) is 11.4. The fourth-order valence-corrected chi connectivity index (χ4v) is 1.67. The van der Waals surface area contributed by atoms with Gasteiger partial charge in [-0.25, -0.2) is 15.2 Å². The van der Waals surface area contributed by atoms with Crippen molar-refractivity contribution in [2.75, 3.05) is 5.43 Å². The van der Waals surface area contributed by atoms with E-state index in [4.69, 9.17) is 10.6 Å². The number of nitrogen functional groups attached to an aromatic ring is 1. The molecule has 6 nitrogen and oxygen atoms in total. The van der Waals surface area contributed by atoms with E-state index in [2.05, 4.69) is 15.4 Å². The number of ether oxygens (including phenoxy) is 1. The van der Waals surface area contributed by atoms with Crippen LogP contribution in [0.3, 0.4) is 0 Å². The molecule has 19 heavy (non-hydrogen) atoms. The van der Waals surface area contributed by atoms with Gasteiger partial charge in [-0.2, -0.15) is 4.98 Å². The zero-order valence-corrected chi connectivity index (χ0v) is 9.75. The molecule has 0 radical (unpaired) electrons. The molecule has 3 N–H and O–H groups in total. The van der Waals surface area contributed by atoms with Gasteiger partial charge in [0.25, 0.3) is 5.88 Å². The molecule has 96 valence electrons. The summed E-state index contributed by atoms with van der Waals surface area (Å²) < 4.78 is 20.7. The van der Waals surface area contributed by atoms with Crippen molar-refractivity contribution in [3.05, 3.63) is 48.7 Å². The number of aromatic nitrogens is 3. The lowest BCUT2D eigenvalue weighted by Gasteiger charge is -2.08. The van der Waals surface area contributed by atoms with Gasteiger partial charge in [-0.15, -0.1) is 0 Å². The fraction of sp³-hybridized carbons (Fsp3) is 0. The van der Waals surface area contributed by atoms with E-state index < -0.39 is 5.82 Å². The Bertz CT molecular complexity index is 727. The number of halogens is 1. The Morgan fingerprint density at radius 3 is 2.95 bits per heavy atom. The molecule has 0 saturated heterocycles. The number of imidazole rings is 1. The van der Waals surface area contributed by atoms with E-state index in [0.29, 0.717) is 11.5 Å². The predicted octanol–water partition coefficient (Wildman–Crippen LogP) is 1.95. The van der Waals surface area contributed by atoms with E-state index in [1.54, 1.807) is 35.1 Å². The van der Waals surface area contributed by atoms with Crippen LogP contribution in [0.1, 0.15) is 0 Å². The van der Waals surface area contributed by atoms with Crippen molar-refractivity contribution in [2.45, 2.75) is 0 Å². The molecule has 0 aliphatic heterocycles. The molecule has 1 aromatic carbocycles. The molecule has 0 unspecified atom stereocenters. The number of hydrogen-bond acceptors (Lipinski definition) is 5. The maximum Gasteiger partial charge on any atom is 0.266 e. The maximum absolute atomic E-state index is 13.6. The van der Waals surface area contributed by atoms with Crippen LogP contribution in [-0.2, 0) is 0 Å². The van der Waals surface area contributed by atoms with Crippen molar-refractivity contribution in [1.29, 1.82) is 0 Å². The fourth-order valence-electron chi connectivity index (χ4n) is 1.67. The molecule has 0 spiro atoms. The topological polar surface area (TPSA) is 77.5 Å². The molecule has 2 aromatic heterocycles. The van der Waals surface area contributed by atoms with Crippen LogP contribution in [0, 0.1) is 5.82 Å². The first-order valence-corrected chi connectivity index (χ1v) is 5.50. The van der Waals surface area contributed by atoms with Crippen LogP contribution in [-0.4, -0.2) is 14.4 Å². The number of nitrogens with one attached hydrogen (secondary N) is 1. The molecule has 0 saturated carbocycles. The lowest BCUT2D eigenvalue weighted by molar-refractivity contribution is 0.430. The van der Waals surface area contributed by atoms with Crippen molar-refractivity contribution < 1.29 is 9.13 Å². The third-order valence-electron chi connectivity index (χ3n) is 2.53. The van der Waals surface area contributed by atoms with Gasteiger partial charge in [0, 0.05) is 12.4 Å². The largest absolute Gasteiger partial charge is 0.433 e. The Morgan fingerprint density at radius 1 is 1.32 bits per heavy atom. The molecule has 0 bridgehead atoms. The van der Waals surface area contributed by atoms with E-state index in [1.807, 2.05) is 0 Å². The lowest BCUT2D eigenvalue weighted by Crippen LogP contribution is -2.10. The number of nitrogens with zero attached hydrogens (tertiary/aromatic N) is 3. The summed E-state index contributed by atoms with van der Waals surface area (Å²) in [6.07, 6.45) is 4.95. The van der Waals surface area contributed by atoms with Gasteiger partial charge in [0.1, 0.15) is 0 Å². The quantitative estimate of drug-likeness (QED) is 0.555. The molecule has 0 aliphatic rings. The predicted molar refractivity (Wildman–Crippen MR) is 67.3 cm³/mol. The maximum atomic E-state index is 13.6. The third-order valence-corrected chi connectivity index (χ3v) is 2.53. The average molecular weight is 259 g/mol. The van der Waals surface area contributed by atoms with Crippen molar-refractivity contribution >= 4 is 11.5 Å².